The second kappa shape index (κ2) is 10.5. The number of imide groups is 1. The van der Waals surface area contributed by atoms with E-state index in [1.807, 2.05) is 60.7 Å². The maximum absolute atomic E-state index is 13.9. The summed E-state index contributed by atoms with van der Waals surface area (Å²) >= 11 is 14.9. The predicted octanol–water partition coefficient (Wildman–Crippen LogP) is 7.70. The van der Waals surface area contributed by atoms with Crippen molar-refractivity contribution in [2.24, 2.45) is 11.8 Å². The van der Waals surface area contributed by atoms with Crippen molar-refractivity contribution in [1.82, 2.24) is 4.90 Å². The number of anilines is 1. The summed E-state index contributed by atoms with van der Waals surface area (Å²) in [6, 6.07) is 30.1. The van der Waals surface area contributed by atoms with Gasteiger partial charge in [0.25, 0.3) is 0 Å². The number of ether oxygens (including phenoxy) is 1. The van der Waals surface area contributed by atoms with E-state index in [0.717, 1.165) is 28.0 Å². The summed E-state index contributed by atoms with van der Waals surface area (Å²) in [5.74, 6) is -1.54. The number of nitrogens with zero attached hydrogens (tertiary/aromatic N) is 1. The molecule has 8 rings (SSSR count). The molecule has 1 aliphatic heterocycles. The fourth-order valence-electron chi connectivity index (χ4n) is 7.15. The molecule has 0 spiro atoms. The first-order valence-electron chi connectivity index (χ1n) is 15.1. The van der Waals surface area contributed by atoms with Crippen molar-refractivity contribution in [3.05, 3.63) is 125 Å². The maximum Gasteiger partial charge on any atom is 0.235 e. The Morgan fingerprint density at radius 3 is 1.58 bits per heavy atom. The number of amides is 3. The van der Waals surface area contributed by atoms with Crippen LogP contribution in [0.5, 0.6) is 11.5 Å². The SMILES string of the molecule is CC(C)(C)c1ccc(Oc2ccc(NC(=O)CCN3C(=O)[C@H]4[C@H](C3=O)C3(Cl)c5ccccc5C4(Cl)c4ccccc43)cc2)cc1. The van der Waals surface area contributed by atoms with Gasteiger partial charge in [-0.2, -0.15) is 0 Å². The monoisotopic (exact) mass is 638 g/mol. The van der Waals surface area contributed by atoms with E-state index >= 15 is 0 Å². The van der Waals surface area contributed by atoms with Gasteiger partial charge in [0.1, 0.15) is 21.2 Å². The van der Waals surface area contributed by atoms with E-state index in [-0.39, 0.29) is 24.3 Å². The molecule has 0 saturated carbocycles. The summed E-state index contributed by atoms with van der Waals surface area (Å²) in [4.78, 5) is 39.6. The zero-order chi connectivity index (χ0) is 31.7. The number of alkyl halides is 2. The Hall–Kier alpha value is -4.13. The highest BCUT2D eigenvalue weighted by Crippen LogP contribution is 2.69. The molecule has 0 aromatic heterocycles. The topological polar surface area (TPSA) is 75.7 Å². The summed E-state index contributed by atoms with van der Waals surface area (Å²) in [5, 5.41) is 2.85. The van der Waals surface area contributed by atoms with Gasteiger partial charge >= 0.3 is 0 Å². The molecule has 3 aliphatic carbocycles. The van der Waals surface area contributed by atoms with Gasteiger partial charge in [0.2, 0.25) is 17.7 Å². The Morgan fingerprint density at radius 1 is 0.733 bits per heavy atom. The maximum atomic E-state index is 13.9. The molecule has 1 N–H and O–H groups in total. The van der Waals surface area contributed by atoms with E-state index in [0.29, 0.717) is 11.4 Å². The van der Waals surface area contributed by atoms with Gasteiger partial charge in [-0.25, -0.2) is 0 Å². The van der Waals surface area contributed by atoms with E-state index in [1.54, 1.807) is 24.3 Å². The molecule has 3 amide bonds. The van der Waals surface area contributed by atoms with Gasteiger partial charge in [-0.3, -0.25) is 19.3 Å². The number of halogens is 2. The van der Waals surface area contributed by atoms with Gasteiger partial charge in [-0.15, -0.1) is 23.2 Å². The van der Waals surface area contributed by atoms with Gasteiger partial charge in [0, 0.05) is 18.7 Å². The second-order valence-corrected chi connectivity index (χ2v) is 14.2. The highest BCUT2D eigenvalue weighted by atomic mass is 35.5. The molecule has 1 fully saturated rings. The van der Waals surface area contributed by atoms with Crippen LogP contribution in [0, 0.1) is 11.8 Å². The molecule has 0 unspecified atom stereocenters. The van der Waals surface area contributed by atoms with Crippen molar-refractivity contribution in [2.75, 3.05) is 11.9 Å². The minimum absolute atomic E-state index is 0.0574. The highest BCUT2D eigenvalue weighted by molar-refractivity contribution is 6.36. The van der Waals surface area contributed by atoms with E-state index in [2.05, 4.69) is 38.2 Å². The molecule has 0 radical (unpaired) electrons. The molecule has 4 aliphatic rings. The van der Waals surface area contributed by atoms with Crippen molar-refractivity contribution < 1.29 is 19.1 Å². The van der Waals surface area contributed by atoms with Crippen molar-refractivity contribution >= 4 is 46.6 Å². The fraction of sp³-hybridized carbons (Fsp3) is 0.270. The van der Waals surface area contributed by atoms with Gasteiger partial charge in [-0.05, 0) is 69.6 Å². The third kappa shape index (κ3) is 4.49. The minimum atomic E-state index is -1.24. The van der Waals surface area contributed by atoms with Gasteiger partial charge in [-0.1, -0.05) is 81.4 Å². The molecular weight excluding hydrogens is 607 g/mol. The molecule has 228 valence electrons. The molecule has 2 atom stereocenters. The van der Waals surface area contributed by atoms with Crippen LogP contribution in [0.15, 0.2) is 97.1 Å². The van der Waals surface area contributed by atoms with Crippen molar-refractivity contribution in [3.8, 4) is 11.5 Å². The van der Waals surface area contributed by atoms with Gasteiger partial charge < -0.3 is 10.1 Å². The average molecular weight is 640 g/mol. The molecule has 4 aromatic rings. The molecule has 4 aromatic carbocycles. The normalized spacial score (nSPS) is 24.6. The van der Waals surface area contributed by atoms with Crippen LogP contribution in [0.1, 0.15) is 55.0 Å². The average Bonchev–Trinajstić information content (AvgIpc) is 3.29. The van der Waals surface area contributed by atoms with Crippen molar-refractivity contribution in [2.45, 2.75) is 42.4 Å². The van der Waals surface area contributed by atoms with Crippen LogP contribution in [0.25, 0.3) is 0 Å². The van der Waals surface area contributed by atoms with E-state index in [9.17, 15) is 14.4 Å². The Kier molecular flexibility index (Phi) is 6.88. The first kappa shape index (κ1) is 29.6. The van der Waals surface area contributed by atoms with Gasteiger partial charge in [0.05, 0.1) is 11.8 Å². The minimum Gasteiger partial charge on any atom is -0.457 e. The zero-order valence-corrected chi connectivity index (χ0v) is 26.7. The summed E-state index contributed by atoms with van der Waals surface area (Å²) in [7, 11) is 0. The van der Waals surface area contributed by atoms with Crippen LogP contribution in [-0.2, 0) is 29.5 Å². The lowest BCUT2D eigenvalue weighted by atomic mass is 9.54. The largest absolute Gasteiger partial charge is 0.457 e. The summed E-state index contributed by atoms with van der Waals surface area (Å²) < 4.78 is 5.96. The number of likely N-dealkylation sites (tertiary alicyclic amines) is 1. The van der Waals surface area contributed by atoms with Crippen LogP contribution >= 0.6 is 23.2 Å². The third-order valence-electron chi connectivity index (χ3n) is 9.33. The standard InChI is InChI=1S/C37H32Cl2N2O4/c1-35(2,3)22-12-16-24(17-13-22)45-25-18-14-23(15-19-25)40-30(42)20-21-41-33(43)31-32(34(41)44)37(39)27-9-5-4-8-26(27)36(31,38)28-10-6-7-11-29(28)37/h4-19,31-32H,20-21H2,1-3H3,(H,40,42)/t31-,32-,36?,37?/m1/s1. The number of rotatable bonds is 6. The number of benzene rings is 4. The van der Waals surface area contributed by atoms with Crippen LogP contribution < -0.4 is 10.1 Å². The Morgan fingerprint density at radius 2 is 1.16 bits per heavy atom. The molecule has 1 heterocycles. The number of hydrogen-bond donors (Lipinski definition) is 1. The molecular formula is C37H32Cl2N2O4. The second-order valence-electron chi connectivity index (χ2n) is 13.0. The molecule has 2 bridgehead atoms. The number of carbonyl (C=O) groups is 3. The van der Waals surface area contributed by atoms with Crippen molar-refractivity contribution in [3.63, 3.8) is 0 Å². The first-order valence-corrected chi connectivity index (χ1v) is 15.8. The quantitative estimate of drug-likeness (QED) is 0.173. The van der Waals surface area contributed by atoms with E-state index < -0.39 is 33.4 Å². The van der Waals surface area contributed by atoms with Crippen LogP contribution in [0.3, 0.4) is 0 Å². The zero-order valence-electron chi connectivity index (χ0n) is 25.1. The number of nitrogens with one attached hydrogen (secondary N) is 1. The number of hydrogen-bond acceptors (Lipinski definition) is 4. The van der Waals surface area contributed by atoms with Crippen LogP contribution in [0.4, 0.5) is 5.69 Å². The summed E-state index contributed by atoms with van der Waals surface area (Å²) in [6.07, 6.45) is -0.0697. The van der Waals surface area contributed by atoms with E-state index in [1.165, 1.54) is 10.5 Å². The molecule has 8 heteroatoms. The predicted molar refractivity (Wildman–Crippen MR) is 175 cm³/mol. The lowest BCUT2D eigenvalue weighted by Gasteiger charge is -2.54. The Labute approximate surface area is 272 Å². The lowest BCUT2D eigenvalue weighted by Crippen LogP contribution is -2.57. The Balaban J connectivity index is 1.04. The number of carbonyl (C=O) groups excluding carboxylic acids is 3. The molecule has 45 heavy (non-hydrogen) atoms. The fourth-order valence-corrected chi connectivity index (χ4v) is 8.25. The highest BCUT2D eigenvalue weighted by Gasteiger charge is 2.72. The van der Waals surface area contributed by atoms with Crippen LogP contribution in [-0.4, -0.2) is 29.2 Å². The van der Waals surface area contributed by atoms with Crippen molar-refractivity contribution in [1.29, 1.82) is 0 Å². The first-order chi connectivity index (χ1) is 21.4. The smallest absolute Gasteiger partial charge is 0.235 e. The Bertz CT molecular complexity index is 1720. The summed E-state index contributed by atoms with van der Waals surface area (Å²) in [6.45, 7) is 6.41. The molecule has 6 nitrogen and oxygen atoms in total. The third-order valence-corrected chi connectivity index (χ3v) is 10.6. The lowest BCUT2D eigenvalue weighted by molar-refractivity contribution is -0.140. The van der Waals surface area contributed by atoms with Crippen LogP contribution in [0.2, 0.25) is 0 Å². The summed E-state index contributed by atoms with van der Waals surface area (Å²) in [5.41, 5.74) is 4.84. The molecule has 1 saturated heterocycles. The van der Waals surface area contributed by atoms with Gasteiger partial charge in [0.15, 0.2) is 0 Å². The van der Waals surface area contributed by atoms with E-state index in [4.69, 9.17) is 27.9 Å².